The lowest BCUT2D eigenvalue weighted by molar-refractivity contribution is -0.128. The molecule has 1 aliphatic rings. The highest BCUT2D eigenvalue weighted by atomic mass is 32.1. The normalized spacial score (nSPS) is 20.7. The molecule has 7 heteroatoms. The molecular weight excluding hydrogens is 327 g/mol. The highest BCUT2D eigenvalue weighted by Gasteiger charge is 2.37. The van der Waals surface area contributed by atoms with Gasteiger partial charge >= 0.3 is 0 Å². The van der Waals surface area contributed by atoms with Crippen LogP contribution in [0.2, 0.25) is 0 Å². The van der Waals surface area contributed by atoms with Crippen molar-refractivity contribution in [3.63, 3.8) is 0 Å². The summed E-state index contributed by atoms with van der Waals surface area (Å²) in [5.74, 6) is -0.328. The summed E-state index contributed by atoms with van der Waals surface area (Å²) in [5.41, 5.74) is 6.48. The Morgan fingerprint density at radius 3 is 2.88 bits per heavy atom. The first-order chi connectivity index (χ1) is 11.3. The first-order valence-electron chi connectivity index (χ1n) is 7.22. The summed E-state index contributed by atoms with van der Waals surface area (Å²) in [7, 11) is 1.59. The number of hydrogen-bond acceptors (Lipinski definition) is 4. The predicted octanol–water partition coefficient (Wildman–Crippen LogP) is 3.50. The summed E-state index contributed by atoms with van der Waals surface area (Å²) in [6.45, 7) is 8.90. The van der Waals surface area contributed by atoms with Crippen LogP contribution in [0.4, 0.5) is 10.1 Å². The number of nitrogens with two attached hydrogens (primary N) is 1. The molecule has 2 N–H and O–H groups in total. The Morgan fingerprint density at radius 1 is 1.46 bits per heavy atom. The van der Waals surface area contributed by atoms with Gasteiger partial charge in [0.25, 0.3) is 0 Å². The minimum absolute atomic E-state index is 0.110. The molecule has 0 aliphatic carbocycles. The summed E-state index contributed by atoms with van der Waals surface area (Å²) >= 11 is 1.40. The zero-order chi connectivity index (χ0) is 17.5. The van der Waals surface area contributed by atoms with Crippen LogP contribution >= 0.6 is 11.3 Å². The fourth-order valence-corrected chi connectivity index (χ4v) is 3.63. The Hall–Kier alpha value is -2.72. The van der Waals surface area contributed by atoms with E-state index in [1.807, 2.05) is 13.0 Å². The van der Waals surface area contributed by atoms with Gasteiger partial charge in [-0.25, -0.2) is 14.2 Å². The largest absolute Gasteiger partial charge is 0.369 e. The van der Waals surface area contributed by atoms with Gasteiger partial charge in [0.05, 0.1) is 13.0 Å². The molecule has 122 valence electrons. The Morgan fingerprint density at radius 2 is 2.21 bits per heavy atom. The Bertz CT molecular complexity index is 898. The first-order valence-corrected chi connectivity index (χ1v) is 8.10. The van der Waals surface area contributed by atoms with Crippen molar-refractivity contribution in [3.05, 3.63) is 51.8 Å². The lowest BCUT2D eigenvalue weighted by Gasteiger charge is -2.32. The van der Waals surface area contributed by atoms with Crippen molar-refractivity contribution in [1.29, 1.82) is 0 Å². The number of amides is 1. The van der Waals surface area contributed by atoms with E-state index in [4.69, 9.17) is 12.3 Å². The van der Waals surface area contributed by atoms with Crippen LogP contribution in [0.1, 0.15) is 18.2 Å². The van der Waals surface area contributed by atoms with Crippen LogP contribution in [0.5, 0.6) is 0 Å². The molecule has 0 saturated heterocycles. The van der Waals surface area contributed by atoms with Crippen molar-refractivity contribution < 1.29 is 9.18 Å². The number of rotatable bonds is 2. The SMILES string of the molecule is [C-]#[N+]c1ccc(F)c(-c2csc([C@]3(C)CC(=O)N(C)C(N)=N3)c2)c1. The predicted molar refractivity (Wildman–Crippen MR) is 92.3 cm³/mol. The fraction of sp³-hybridized carbons (Fsp3) is 0.235. The molecule has 0 saturated carbocycles. The van der Waals surface area contributed by atoms with Gasteiger partial charge in [-0.05, 0) is 36.1 Å². The van der Waals surface area contributed by atoms with Crippen molar-refractivity contribution in [2.45, 2.75) is 18.9 Å². The van der Waals surface area contributed by atoms with Crippen LogP contribution in [0.15, 0.2) is 34.6 Å². The minimum atomic E-state index is -0.759. The number of halogens is 1. The number of carbonyl (C=O) groups is 1. The molecule has 3 rings (SSSR count). The van der Waals surface area contributed by atoms with E-state index in [9.17, 15) is 9.18 Å². The summed E-state index contributed by atoms with van der Waals surface area (Å²) in [4.78, 5) is 22.0. The fourth-order valence-electron chi connectivity index (χ4n) is 2.61. The highest BCUT2D eigenvalue weighted by Crippen LogP contribution is 2.40. The summed E-state index contributed by atoms with van der Waals surface area (Å²) in [6.07, 6.45) is 0.203. The third-order valence-electron chi connectivity index (χ3n) is 4.09. The molecular formula is C17H15FN4OS. The number of guanidine groups is 1. The Kier molecular flexibility index (Phi) is 3.85. The van der Waals surface area contributed by atoms with Gasteiger partial charge in [-0.15, -0.1) is 11.3 Å². The van der Waals surface area contributed by atoms with Gasteiger partial charge in [-0.2, -0.15) is 0 Å². The molecule has 1 amide bonds. The molecule has 1 aromatic carbocycles. The lowest BCUT2D eigenvalue weighted by atomic mass is 9.93. The van der Waals surface area contributed by atoms with Crippen LogP contribution in [0.3, 0.4) is 0 Å². The van der Waals surface area contributed by atoms with E-state index in [0.29, 0.717) is 16.8 Å². The van der Waals surface area contributed by atoms with E-state index >= 15 is 0 Å². The monoisotopic (exact) mass is 342 g/mol. The first kappa shape index (κ1) is 16.1. The van der Waals surface area contributed by atoms with E-state index in [-0.39, 0.29) is 24.1 Å². The van der Waals surface area contributed by atoms with E-state index in [1.165, 1.54) is 34.4 Å². The molecule has 1 aliphatic heterocycles. The molecule has 0 radical (unpaired) electrons. The number of hydrogen-bond donors (Lipinski definition) is 1. The van der Waals surface area contributed by atoms with Crippen LogP contribution in [0.25, 0.3) is 16.0 Å². The second-order valence-corrected chi connectivity index (χ2v) is 6.76. The van der Waals surface area contributed by atoms with Crippen LogP contribution in [-0.2, 0) is 10.3 Å². The van der Waals surface area contributed by atoms with Crippen LogP contribution in [0, 0.1) is 12.4 Å². The maximum Gasteiger partial charge on any atom is 0.231 e. The zero-order valence-corrected chi connectivity index (χ0v) is 14.0. The van der Waals surface area contributed by atoms with Crippen LogP contribution < -0.4 is 5.73 Å². The average Bonchev–Trinajstić information content (AvgIpc) is 3.03. The number of thiophene rings is 1. The smallest absolute Gasteiger partial charge is 0.231 e. The van der Waals surface area contributed by atoms with Crippen molar-refractivity contribution in [2.24, 2.45) is 10.7 Å². The van der Waals surface area contributed by atoms with Gasteiger partial charge in [-0.1, -0.05) is 6.07 Å². The van der Waals surface area contributed by atoms with E-state index in [1.54, 1.807) is 12.4 Å². The molecule has 0 fully saturated rings. The third-order valence-corrected chi connectivity index (χ3v) is 5.28. The van der Waals surface area contributed by atoms with E-state index < -0.39 is 5.54 Å². The number of aliphatic imine (C=N–C) groups is 1. The Labute approximate surface area is 143 Å². The number of benzene rings is 1. The van der Waals surface area contributed by atoms with Crippen LogP contribution in [-0.4, -0.2) is 23.8 Å². The van der Waals surface area contributed by atoms with Crippen molar-refractivity contribution in [2.75, 3.05) is 7.05 Å². The molecule has 5 nitrogen and oxygen atoms in total. The molecule has 2 aromatic rings. The zero-order valence-electron chi connectivity index (χ0n) is 13.2. The average molecular weight is 342 g/mol. The molecule has 0 unspecified atom stereocenters. The van der Waals surface area contributed by atoms with E-state index in [2.05, 4.69) is 9.84 Å². The second kappa shape index (κ2) is 5.73. The van der Waals surface area contributed by atoms with Gasteiger partial charge in [-0.3, -0.25) is 9.69 Å². The summed E-state index contributed by atoms with van der Waals surface area (Å²) in [6, 6.07) is 6.07. The third kappa shape index (κ3) is 2.65. The minimum Gasteiger partial charge on any atom is -0.369 e. The quantitative estimate of drug-likeness (QED) is 0.849. The highest BCUT2D eigenvalue weighted by molar-refractivity contribution is 7.10. The Balaban J connectivity index is 2.03. The standard InChI is InChI=1S/C17H15FN4OS/c1-17(8-15(23)22(3)16(19)21-17)14-6-10(9-24-14)12-7-11(20-2)4-5-13(12)18/h4-7,9H,8H2,1,3H3,(H2,19,21)/t17-/m0/s1. The van der Waals surface area contributed by atoms with Gasteiger partial charge < -0.3 is 5.73 Å². The van der Waals surface area contributed by atoms with Gasteiger partial charge in [0.15, 0.2) is 11.6 Å². The molecule has 0 spiro atoms. The number of carbonyl (C=O) groups excluding carboxylic acids is 1. The maximum atomic E-state index is 14.1. The second-order valence-electron chi connectivity index (χ2n) is 5.85. The molecule has 24 heavy (non-hydrogen) atoms. The molecule has 1 aromatic heterocycles. The maximum absolute atomic E-state index is 14.1. The lowest BCUT2D eigenvalue weighted by Crippen LogP contribution is -2.47. The molecule has 2 heterocycles. The van der Waals surface area contributed by atoms with E-state index in [0.717, 1.165) is 4.88 Å². The van der Waals surface area contributed by atoms with Gasteiger partial charge in [0.1, 0.15) is 11.4 Å². The van der Waals surface area contributed by atoms with Crippen molar-refractivity contribution in [1.82, 2.24) is 4.90 Å². The van der Waals surface area contributed by atoms with Gasteiger partial charge in [0.2, 0.25) is 5.91 Å². The summed E-state index contributed by atoms with van der Waals surface area (Å²) < 4.78 is 14.1. The topological polar surface area (TPSA) is 63.0 Å². The summed E-state index contributed by atoms with van der Waals surface area (Å²) in [5, 5.41) is 1.81. The molecule has 0 bridgehead atoms. The van der Waals surface area contributed by atoms with Gasteiger partial charge in [0, 0.05) is 17.5 Å². The van der Waals surface area contributed by atoms with Crippen molar-refractivity contribution in [3.8, 4) is 11.1 Å². The van der Waals surface area contributed by atoms with Crippen molar-refractivity contribution >= 4 is 28.9 Å². The number of nitrogens with zero attached hydrogens (tertiary/aromatic N) is 3. The molecule has 1 atom stereocenters.